The molecule has 0 heteroatoms. The van der Waals surface area contributed by atoms with E-state index in [1.165, 1.54) is 31.2 Å². The van der Waals surface area contributed by atoms with Gasteiger partial charge in [-0.1, -0.05) is 61.4 Å². The van der Waals surface area contributed by atoms with Gasteiger partial charge in [-0.25, -0.2) is 0 Å². The Morgan fingerprint density at radius 2 is 1.68 bits per heavy atom. The Labute approximate surface area is 116 Å². The first-order valence-electron chi connectivity index (χ1n) is 7.47. The van der Waals surface area contributed by atoms with Gasteiger partial charge in [-0.15, -0.1) is 0 Å². The minimum atomic E-state index is 0.596. The van der Waals surface area contributed by atoms with Crippen LogP contribution in [0.25, 0.3) is 0 Å². The average molecular weight is 250 g/mol. The summed E-state index contributed by atoms with van der Waals surface area (Å²) >= 11 is 0. The van der Waals surface area contributed by atoms with Crippen LogP contribution in [0.5, 0.6) is 0 Å². The van der Waals surface area contributed by atoms with Gasteiger partial charge < -0.3 is 0 Å². The van der Waals surface area contributed by atoms with Crippen LogP contribution in [-0.4, -0.2) is 0 Å². The van der Waals surface area contributed by atoms with Gasteiger partial charge in [0.05, 0.1) is 0 Å². The van der Waals surface area contributed by atoms with E-state index >= 15 is 0 Å². The lowest BCUT2D eigenvalue weighted by molar-refractivity contribution is 0.695. The highest BCUT2D eigenvalue weighted by Crippen LogP contribution is 2.37. The highest BCUT2D eigenvalue weighted by Gasteiger charge is 2.22. The fourth-order valence-electron chi connectivity index (χ4n) is 3.40. The zero-order valence-electron chi connectivity index (χ0n) is 11.9. The molecule has 0 heterocycles. The Kier molecular flexibility index (Phi) is 3.42. The van der Waals surface area contributed by atoms with E-state index in [0.29, 0.717) is 5.92 Å². The van der Waals surface area contributed by atoms with Crippen LogP contribution in [0.15, 0.2) is 42.5 Å². The van der Waals surface area contributed by atoms with Gasteiger partial charge in [0, 0.05) is 5.92 Å². The van der Waals surface area contributed by atoms with E-state index in [4.69, 9.17) is 0 Å². The lowest BCUT2D eigenvalue weighted by Crippen LogP contribution is -2.04. The molecule has 2 aromatic rings. The maximum Gasteiger partial charge on any atom is 0.00948 e. The second-order valence-corrected chi connectivity index (χ2v) is 5.74. The Hall–Kier alpha value is -1.56. The highest BCUT2D eigenvalue weighted by molar-refractivity contribution is 5.46. The number of hydrogen-bond donors (Lipinski definition) is 0. The summed E-state index contributed by atoms with van der Waals surface area (Å²) in [6.07, 6.45) is 4.87. The van der Waals surface area contributed by atoms with Crippen LogP contribution in [0.1, 0.15) is 53.5 Å². The smallest absolute Gasteiger partial charge is 0.00948 e. The molecular formula is C19H22. The Morgan fingerprint density at radius 1 is 0.947 bits per heavy atom. The number of benzene rings is 2. The van der Waals surface area contributed by atoms with Crippen LogP contribution in [0.2, 0.25) is 0 Å². The van der Waals surface area contributed by atoms with Crippen LogP contribution < -0.4 is 0 Å². The summed E-state index contributed by atoms with van der Waals surface area (Å²) in [4.78, 5) is 0. The molecule has 0 saturated carbocycles. The molecule has 1 aliphatic carbocycles. The van der Waals surface area contributed by atoms with Crippen LogP contribution in [0, 0.1) is 6.92 Å². The molecule has 0 spiro atoms. The zero-order chi connectivity index (χ0) is 13.2. The number of aryl methyl sites for hydroxylation is 3. The van der Waals surface area contributed by atoms with E-state index in [0.717, 1.165) is 0 Å². The second kappa shape index (κ2) is 5.21. The van der Waals surface area contributed by atoms with Gasteiger partial charge in [0.2, 0.25) is 0 Å². The van der Waals surface area contributed by atoms with Crippen LogP contribution in [0.4, 0.5) is 0 Å². The van der Waals surface area contributed by atoms with Crippen molar-refractivity contribution in [1.29, 1.82) is 0 Å². The number of hydrogen-bond acceptors (Lipinski definition) is 0. The maximum absolute atomic E-state index is 2.41. The van der Waals surface area contributed by atoms with Crippen molar-refractivity contribution in [2.45, 2.75) is 45.4 Å². The minimum Gasteiger partial charge on any atom is -0.0653 e. The maximum atomic E-state index is 2.41. The molecule has 0 aromatic heterocycles. The fraction of sp³-hybridized carbons (Fsp3) is 0.368. The molecule has 19 heavy (non-hydrogen) atoms. The van der Waals surface area contributed by atoms with Crippen molar-refractivity contribution in [2.75, 3.05) is 0 Å². The molecule has 0 bridgehead atoms. The van der Waals surface area contributed by atoms with E-state index in [-0.39, 0.29) is 0 Å². The van der Waals surface area contributed by atoms with Crippen molar-refractivity contribution in [1.82, 2.24) is 0 Å². The van der Waals surface area contributed by atoms with Crippen molar-refractivity contribution >= 4 is 0 Å². The molecule has 0 N–H and O–H groups in total. The largest absolute Gasteiger partial charge is 0.0653 e. The molecule has 1 unspecified atom stereocenters. The number of rotatable bonds is 2. The van der Waals surface area contributed by atoms with E-state index in [1.54, 1.807) is 22.3 Å². The van der Waals surface area contributed by atoms with Crippen molar-refractivity contribution in [3.8, 4) is 0 Å². The van der Waals surface area contributed by atoms with Crippen molar-refractivity contribution < 1.29 is 0 Å². The molecular weight excluding hydrogens is 228 g/mol. The number of fused-ring (bicyclic) bond motifs is 2. The van der Waals surface area contributed by atoms with E-state index in [9.17, 15) is 0 Å². The standard InChI is InChI=1S/C19H22/c1-3-6-18-17-8-5-4-7-15(17)11-12-16-10-9-14(2)13-19(16)18/h4-5,7-10,13,18H,3,6,11-12H2,1-2H3. The Bertz CT molecular complexity index is 580. The van der Waals surface area contributed by atoms with Gasteiger partial charge >= 0.3 is 0 Å². The Balaban J connectivity index is 2.16. The molecule has 0 nitrogen and oxygen atoms in total. The van der Waals surface area contributed by atoms with Gasteiger partial charge in [0.25, 0.3) is 0 Å². The first-order valence-corrected chi connectivity index (χ1v) is 7.47. The first kappa shape index (κ1) is 12.5. The highest BCUT2D eigenvalue weighted by atomic mass is 14.3. The normalized spacial score (nSPS) is 17.5. The molecule has 1 atom stereocenters. The summed E-state index contributed by atoms with van der Waals surface area (Å²) in [7, 11) is 0. The third-order valence-electron chi connectivity index (χ3n) is 4.35. The third kappa shape index (κ3) is 2.32. The fourth-order valence-corrected chi connectivity index (χ4v) is 3.40. The lowest BCUT2D eigenvalue weighted by Gasteiger charge is -2.20. The molecule has 0 fully saturated rings. The molecule has 0 radical (unpaired) electrons. The van der Waals surface area contributed by atoms with E-state index < -0.39 is 0 Å². The average Bonchev–Trinajstić information content (AvgIpc) is 2.58. The molecule has 2 aromatic carbocycles. The van der Waals surface area contributed by atoms with Crippen molar-refractivity contribution in [3.63, 3.8) is 0 Å². The molecule has 0 aliphatic heterocycles. The molecule has 0 saturated heterocycles. The molecule has 98 valence electrons. The van der Waals surface area contributed by atoms with Crippen molar-refractivity contribution in [3.05, 3.63) is 70.3 Å². The van der Waals surface area contributed by atoms with Gasteiger partial charge in [0.15, 0.2) is 0 Å². The monoisotopic (exact) mass is 250 g/mol. The second-order valence-electron chi connectivity index (χ2n) is 5.74. The summed E-state index contributed by atoms with van der Waals surface area (Å²) in [6, 6.07) is 16.1. The summed E-state index contributed by atoms with van der Waals surface area (Å²) in [6.45, 7) is 4.50. The summed E-state index contributed by atoms with van der Waals surface area (Å²) in [5.74, 6) is 0.596. The summed E-state index contributed by atoms with van der Waals surface area (Å²) in [5, 5.41) is 0. The lowest BCUT2D eigenvalue weighted by atomic mass is 9.84. The van der Waals surface area contributed by atoms with Crippen LogP contribution in [-0.2, 0) is 12.8 Å². The molecule has 0 amide bonds. The summed E-state index contributed by atoms with van der Waals surface area (Å²) < 4.78 is 0. The quantitative estimate of drug-likeness (QED) is 0.701. The minimum absolute atomic E-state index is 0.596. The van der Waals surface area contributed by atoms with Crippen LogP contribution in [0.3, 0.4) is 0 Å². The molecule has 1 aliphatic rings. The topological polar surface area (TPSA) is 0 Å². The van der Waals surface area contributed by atoms with Gasteiger partial charge in [0.1, 0.15) is 0 Å². The predicted octanol–water partition coefficient (Wildman–Crippen LogP) is 5.03. The van der Waals surface area contributed by atoms with Gasteiger partial charge in [-0.2, -0.15) is 0 Å². The van der Waals surface area contributed by atoms with Gasteiger partial charge in [-0.05, 0) is 48.4 Å². The first-order chi connectivity index (χ1) is 9.29. The van der Waals surface area contributed by atoms with Crippen molar-refractivity contribution in [2.24, 2.45) is 0 Å². The van der Waals surface area contributed by atoms with Crippen LogP contribution >= 0.6 is 0 Å². The predicted molar refractivity (Wildman–Crippen MR) is 81.8 cm³/mol. The van der Waals surface area contributed by atoms with Gasteiger partial charge in [-0.3, -0.25) is 0 Å². The SMILES string of the molecule is CCCC1c2ccccc2CCc2ccc(C)cc21. The zero-order valence-corrected chi connectivity index (χ0v) is 11.9. The van der Waals surface area contributed by atoms with E-state index in [1.807, 2.05) is 0 Å². The molecule has 3 rings (SSSR count). The summed E-state index contributed by atoms with van der Waals surface area (Å²) in [5.41, 5.74) is 7.63. The third-order valence-corrected chi connectivity index (χ3v) is 4.35. The Morgan fingerprint density at radius 3 is 2.47 bits per heavy atom. The van der Waals surface area contributed by atoms with E-state index in [2.05, 4.69) is 56.3 Å².